The molecule has 0 bridgehead atoms. The summed E-state index contributed by atoms with van der Waals surface area (Å²) in [5.74, 6) is 0.928. The number of hydrogen-bond acceptors (Lipinski definition) is 3. The molecule has 128 valence electrons. The van der Waals surface area contributed by atoms with Gasteiger partial charge in [0.1, 0.15) is 12.4 Å². The molecule has 24 heavy (non-hydrogen) atoms. The minimum Gasteiger partial charge on any atom is -0.492 e. The summed E-state index contributed by atoms with van der Waals surface area (Å²) in [6.07, 6.45) is 0.979. The summed E-state index contributed by atoms with van der Waals surface area (Å²) in [7, 11) is 2.08. The Labute approximate surface area is 144 Å². The summed E-state index contributed by atoms with van der Waals surface area (Å²) >= 11 is 0. The van der Waals surface area contributed by atoms with Gasteiger partial charge in [-0.3, -0.25) is 9.69 Å². The van der Waals surface area contributed by atoms with E-state index in [1.54, 1.807) is 0 Å². The molecule has 0 aliphatic heterocycles. The Hall–Kier alpha value is -2.33. The van der Waals surface area contributed by atoms with Crippen molar-refractivity contribution in [2.24, 2.45) is 0 Å². The van der Waals surface area contributed by atoms with Crippen LogP contribution in [0.15, 0.2) is 48.5 Å². The zero-order chi connectivity index (χ0) is 17.4. The van der Waals surface area contributed by atoms with Crippen molar-refractivity contribution in [1.82, 2.24) is 4.90 Å². The van der Waals surface area contributed by atoms with Gasteiger partial charge >= 0.3 is 0 Å². The molecule has 4 heteroatoms. The fourth-order valence-electron chi connectivity index (χ4n) is 2.54. The molecule has 0 aromatic heterocycles. The summed E-state index contributed by atoms with van der Waals surface area (Å²) in [6, 6.07) is 16.1. The largest absolute Gasteiger partial charge is 0.492 e. The predicted octanol–water partition coefficient (Wildman–Crippen LogP) is 3.72. The lowest BCUT2D eigenvalue weighted by molar-refractivity contribution is -0.114. The number of para-hydroxylation sites is 1. The Balaban J connectivity index is 1.78. The van der Waals surface area contributed by atoms with E-state index >= 15 is 0 Å². The Morgan fingerprint density at radius 3 is 2.50 bits per heavy atom. The molecule has 2 rings (SSSR count). The van der Waals surface area contributed by atoms with Gasteiger partial charge in [0.25, 0.3) is 0 Å². The highest BCUT2D eigenvalue weighted by Gasteiger charge is 2.04. The van der Waals surface area contributed by atoms with Crippen molar-refractivity contribution in [2.75, 3.05) is 25.5 Å². The molecule has 4 nitrogen and oxygen atoms in total. The summed E-state index contributed by atoms with van der Waals surface area (Å²) in [5, 5.41) is 2.78. The van der Waals surface area contributed by atoms with E-state index in [-0.39, 0.29) is 5.91 Å². The van der Waals surface area contributed by atoms with E-state index in [4.69, 9.17) is 4.74 Å². The SMILES string of the molecule is CCc1ccccc1OCCN(C)Cc1ccc(NC(C)=O)cc1. The average Bonchev–Trinajstić information content (AvgIpc) is 2.56. The van der Waals surface area contributed by atoms with Crippen LogP contribution in [0.25, 0.3) is 0 Å². The van der Waals surface area contributed by atoms with Crippen molar-refractivity contribution >= 4 is 11.6 Å². The molecule has 0 atom stereocenters. The van der Waals surface area contributed by atoms with Gasteiger partial charge in [0.2, 0.25) is 5.91 Å². The second kappa shape index (κ2) is 9.08. The first-order valence-electron chi connectivity index (χ1n) is 8.34. The van der Waals surface area contributed by atoms with Crippen LogP contribution < -0.4 is 10.1 Å². The van der Waals surface area contributed by atoms with Crippen molar-refractivity contribution in [3.8, 4) is 5.75 Å². The summed E-state index contributed by atoms with van der Waals surface area (Å²) in [4.78, 5) is 13.2. The Morgan fingerprint density at radius 1 is 1.12 bits per heavy atom. The van der Waals surface area contributed by atoms with Crippen LogP contribution in [0.5, 0.6) is 5.75 Å². The van der Waals surface area contributed by atoms with Gasteiger partial charge in [0.05, 0.1) is 0 Å². The number of rotatable bonds is 8. The maximum absolute atomic E-state index is 11.0. The Kier molecular flexibility index (Phi) is 6.82. The molecular weight excluding hydrogens is 300 g/mol. The third kappa shape index (κ3) is 5.70. The highest BCUT2D eigenvalue weighted by Crippen LogP contribution is 2.18. The van der Waals surface area contributed by atoms with Gasteiger partial charge in [-0.05, 0) is 42.8 Å². The van der Waals surface area contributed by atoms with Crippen molar-refractivity contribution in [3.05, 3.63) is 59.7 Å². The van der Waals surface area contributed by atoms with Gasteiger partial charge in [-0.1, -0.05) is 37.3 Å². The highest BCUT2D eigenvalue weighted by atomic mass is 16.5. The van der Waals surface area contributed by atoms with E-state index in [0.29, 0.717) is 6.61 Å². The molecule has 1 N–H and O–H groups in total. The van der Waals surface area contributed by atoms with Crippen LogP contribution >= 0.6 is 0 Å². The van der Waals surface area contributed by atoms with Gasteiger partial charge in [-0.25, -0.2) is 0 Å². The number of carbonyl (C=O) groups is 1. The maximum Gasteiger partial charge on any atom is 0.221 e. The summed E-state index contributed by atoms with van der Waals surface area (Å²) < 4.78 is 5.91. The van der Waals surface area contributed by atoms with Crippen molar-refractivity contribution in [3.63, 3.8) is 0 Å². The zero-order valence-corrected chi connectivity index (χ0v) is 14.7. The number of carbonyl (C=O) groups excluding carboxylic acids is 1. The molecule has 0 saturated heterocycles. The predicted molar refractivity (Wildman–Crippen MR) is 98.4 cm³/mol. The number of aryl methyl sites for hydroxylation is 1. The van der Waals surface area contributed by atoms with E-state index in [1.165, 1.54) is 18.1 Å². The lowest BCUT2D eigenvalue weighted by Crippen LogP contribution is -2.24. The third-order valence-corrected chi connectivity index (χ3v) is 3.81. The molecule has 2 aromatic rings. The average molecular weight is 326 g/mol. The number of anilines is 1. The number of amides is 1. The number of hydrogen-bond donors (Lipinski definition) is 1. The molecular formula is C20H26N2O2. The fourth-order valence-corrected chi connectivity index (χ4v) is 2.54. The molecule has 0 unspecified atom stereocenters. The Bertz CT molecular complexity index is 653. The van der Waals surface area contributed by atoms with Gasteiger partial charge in [0.15, 0.2) is 0 Å². The fraction of sp³-hybridized carbons (Fsp3) is 0.350. The maximum atomic E-state index is 11.0. The number of nitrogens with one attached hydrogen (secondary N) is 1. The van der Waals surface area contributed by atoms with E-state index in [2.05, 4.69) is 30.3 Å². The highest BCUT2D eigenvalue weighted by molar-refractivity contribution is 5.88. The monoisotopic (exact) mass is 326 g/mol. The van der Waals surface area contributed by atoms with Crippen LogP contribution in [0.1, 0.15) is 25.0 Å². The summed E-state index contributed by atoms with van der Waals surface area (Å²) in [5.41, 5.74) is 3.28. The van der Waals surface area contributed by atoms with Crippen LogP contribution in [0.4, 0.5) is 5.69 Å². The molecule has 0 heterocycles. The van der Waals surface area contributed by atoms with Crippen molar-refractivity contribution in [1.29, 1.82) is 0 Å². The number of ether oxygens (including phenoxy) is 1. The molecule has 0 fully saturated rings. The lowest BCUT2D eigenvalue weighted by Gasteiger charge is -2.18. The number of nitrogens with zero attached hydrogens (tertiary/aromatic N) is 1. The van der Waals surface area contributed by atoms with E-state index in [1.807, 2.05) is 42.5 Å². The van der Waals surface area contributed by atoms with E-state index < -0.39 is 0 Å². The molecule has 0 radical (unpaired) electrons. The van der Waals surface area contributed by atoms with Crippen LogP contribution in [-0.2, 0) is 17.8 Å². The lowest BCUT2D eigenvalue weighted by atomic mass is 10.1. The first-order valence-corrected chi connectivity index (χ1v) is 8.34. The van der Waals surface area contributed by atoms with Gasteiger partial charge in [-0.2, -0.15) is 0 Å². The standard InChI is InChI=1S/C20H26N2O2/c1-4-18-7-5-6-8-20(18)24-14-13-22(3)15-17-9-11-19(12-10-17)21-16(2)23/h5-12H,4,13-15H2,1-3H3,(H,21,23). The summed E-state index contributed by atoms with van der Waals surface area (Å²) in [6.45, 7) is 6.01. The number of benzene rings is 2. The molecule has 0 aliphatic rings. The normalized spacial score (nSPS) is 10.7. The second-order valence-electron chi connectivity index (χ2n) is 5.93. The first-order chi connectivity index (χ1) is 11.6. The van der Waals surface area contributed by atoms with Crippen LogP contribution in [0.3, 0.4) is 0 Å². The third-order valence-electron chi connectivity index (χ3n) is 3.81. The minimum absolute atomic E-state index is 0.0515. The van der Waals surface area contributed by atoms with Crippen LogP contribution in [0.2, 0.25) is 0 Å². The van der Waals surface area contributed by atoms with E-state index in [9.17, 15) is 4.79 Å². The Morgan fingerprint density at radius 2 is 1.83 bits per heavy atom. The van der Waals surface area contributed by atoms with Crippen LogP contribution in [0, 0.1) is 0 Å². The van der Waals surface area contributed by atoms with Crippen LogP contribution in [-0.4, -0.2) is 31.0 Å². The molecule has 1 amide bonds. The number of likely N-dealkylation sites (N-methyl/N-ethyl adjacent to an activating group) is 1. The zero-order valence-electron chi connectivity index (χ0n) is 14.7. The van der Waals surface area contributed by atoms with Gasteiger partial charge in [0, 0.05) is 25.7 Å². The molecule has 0 aliphatic carbocycles. The smallest absolute Gasteiger partial charge is 0.221 e. The van der Waals surface area contributed by atoms with Crippen molar-refractivity contribution in [2.45, 2.75) is 26.8 Å². The molecule has 2 aromatic carbocycles. The van der Waals surface area contributed by atoms with Gasteiger partial charge < -0.3 is 10.1 Å². The second-order valence-corrected chi connectivity index (χ2v) is 5.93. The first kappa shape index (κ1) is 18.0. The topological polar surface area (TPSA) is 41.6 Å². The molecule has 0 saturated carbocycles. The molecule has 0 spiro atoms. The minimum atomic E-state index is -0.0515. The quantitative estimate of drug-likeness (QED) is 0.804. The van der Waals surface area contributed by atoms with E-state index in [0.717, 1.165) is 30.9 Å². The van der Waals surface area contributed by atoms with Crippen molar-refractivity contribution < 1.29 is 9.53 Å². The van der Waals surface area contributed by atoms with Gasteiger partial charge in [-0.15, -0.1) is 0 Å².